The van der Waals surface area contributed by atoms with Crippen molar-refractivity contribution in [3.63, 3.8) is 0 Å². The molecule has 0 fully saturated rings. The highest BCUT2D eigenvalue weighted by molar-refractivity contribution is 5.71. The van der Waals surface area contributed by atoms with Gasteiger partial charge in [0.05, 0.1) is 12.8 Å². The molecule has 2 N–H and O–H groups in total. The third-order valence-electron chi connectivity index (χ3n) is 4.52. The van der Waals surface area contributed by atoms with Gasteiger partial charge < -0.3 is 14.9 Å². The van der Waals surface area contributed by atoms with Gasteiger partial charge in [-0.15, -0.1) is 0 Å². The molecule has 1 aliphatic heterocycles. The van der Waals surface area contributed by atoms with E-state index in [1.807, 2.05) is 18.9 Å². The van der Waals surface area contributed by atoms with Gasteiger partial charge in [0.1, 0.15) is 11.5 Å². The Balaban J connectivity index is 1.90. The molecule has 1 unspecified atom stereocenters. The van der Waals surface area contributed by atoms with Gasteiger partial charge in [0, 0.05) is 20.6 Å². The molecule has 0 spiro atoms. The molecule has 0 bridgehead atoms. The molecule has 0 radical (unpaired) electrons. The number of aliphatic hydroxyl groups excluding tert-OH is 1. The van der Waals surface area contributed by atoms with E-state index >= 15 is 0 Å². The van der Waals surface area contributed by atoms with E-state index in [1.165, 1.54) is 4.57 Å². The Morgan fingerprint density at radius 1 is 1.17 bits per heavy atom. The minimum absolute atomic E-state index is 0.171. The fourth-order valence-electron chi connectivity index (χ4n) is 3.11. The number of aromatic nitrogens is 2. The number of aromatic amines is 1. The number of aliphatic hydroxyl groups is 1. The van der Waals surface area contributed by atoms with Crippen LogP contribution in [0.15, 0.2) is 9.59 Å². The number of H-pyrrole nitrogens is 1. The third-order valence-corrected chi connectivity index (χ3v) is 4.52. The quantitative estimate of drug-likeness (QED) is 0.698. The highest BCUT2D eigenvalue weighted by Crippen LogP contribution is 2.29. The Morgan fingerprint density at radius 3 is 2.57 bits per heavy atom. The Bertz CT molecular complexity index is 637. The van der Waals surface area contributed by atoms with Gasteiger partial charge in [-0.3, -0.25) is 14.3 Å². The van der Waals surface area contributed by atoms with Gasteiger partial charge in [0.25, 0.3) is 5.56 Å². The minimum atomic E-state index is -0.373. The fourth-order valence-corrected chi connectivity index (χ4v) is 3.11. The SMILES string of the molecule is CCC(O)CCCCCCN1CN(C)c2c1n(C)c(=O)[nH]c2=O. The summed E-state index contributed by atoms with van der Waals surface area (Å²) in [7, 11) is 3.56. The van der Waals surface area contributed by atoms with Crippen LogP contribution in [-0.4, -0.2) is 41.0 Å². The lowest BCUT2D eigenvalue weighted by Gasteiger charge is -2.20. The molecule has 1 aromatic rings. The molecule has 0 aromatic carbocycles. The van der Waals surface area contributed by atoms with Crippen molar-refractivity contribution in [1.29, 1.82) is 0 Å². The van der Waals surface area contributed by atoms with Crippen LogP contribution in [0, 0.1) is 0 Å². The molecule has 1 aliphatic rings. The van der Waals surface area contributed by atoms with E-state index in [2.05, 4.69) is 9.88 Å². The van der Waals surface area contributed by atoms with Crippen molar-refractivity contribution in [1.82, 2.24) is 9.55 Å². The third kappa shape index (κ3) is 3.96. The summed E-state index contributed by atoms with van der Waals surface area (Å²) < 4.78 is 1.51. The summed E-state index contributed by atoms with van der Waals surface area (Å²) in [4.78, 5) is 30.1. The summed E-state index contributed by atoms with van der Waals surface area (Å²) in [5, 5.41) is 9.53. The molecule has 1 atom stereocenters. The van der Waals surface area contributed by atoms with Crippen molar-refractivity contribution >= 4 is 11.5 Å². The Kier molecular flexibility index (Phi) is 5.87. The van der Waals surface area contributed by atoms with Crippen molar-refractivity contribution in [2.45, 2.75) is 51.6 Å². The lowest BCUT2D eigenvalue weighted by atomic mass is 10.1. The average molecular weight is 324 g/mol. The first-order chi connectivity index (χ1) is 11.0. The molecule has 7 heteroatoms. The van der Waals surface area contributed by atoms with Crippen LogP contribution in [0.3, 0.4) is 0 Å². The molecule has 23 heavy (non-hydrogen) atoms. The topological polar surface area (TPSA) is 81.6 Å². The number of nitrogens with one attached hydrogen (secondary N) is 1. The van der Waals surface area contributed by atoms with Crippen LogP contribution in [0.2, 0.25) is 0 Å². The molecule has 0 aliphatic carbocycles. The minimum Gasteiger partial charge on any atom is -0.393 e. The monoisotopic (exact) mass is 324 g/mol. The van der Waals surface area contributed by atoms with Crippen LogP contribution in [0.4, 0.5) is 11.5 Å². The summed E-state index contributed by atoms with van der Waals surface area (Å²) in [6.45, 7) is 3.45. The fraction of sp³-hybridized carbons (Fsp3) is 0.750. The summed E-state index contributed by atoms with van der Waals surface area (Å²) >= 11 is 0. The molecule has 0 saturated carbocycles. The maximum absolute atomic E-state index is 12.0. The molecule has 130 valence electrons. The summed E-state index contributed by atoms with van der Waals surface area (Å²) in [5.41, 5.74) is -0.123. The maximum atomic E-state index is 12.0. The number of nitrogens with zero attached hydrogens (tertiary/aromatic N) is 3. The highest BCUT2D eigenvalue weighted by Gasteiger charge is 2.28. The number of hydrogen-bond acceptors (Lipinski definition) is 5. The molecule has 7 nitrogen and oxygen atoms in total. The van der Waals surface area contributed by atoms with E-state index in [-0.39, 0.29) is 17.4 Å². The number of hydrogen-bond donors (Lipinski definition) is 2. The van der Waals surface area contributed by atoms with E-state index in [9.17, 15) is 14.7 Å². The van der Waals surface area contributed by atoms with E-state index in [0.29, 0.717) is 18.2 Å². The summed E-state index contributed by atoms with van der Waals surface area (Å²) in [6, 6.07) is 0. The Hall–Kier alpha value is -1.76. The smallest absolute Gasteiger partial charge is 0.329 e. The van der Waals surface area contributed by atoms with Crippen molar-refractivity contribution in [2.75, 3.05) is 30.1 Å². The lowest BCUT2D eigenvalue weighted by molar-refractivity contribution is 0.156. The van der Waals surface area contributed by atoms with Gasteiger partial charge in [-0.05, 0) is 19.3 Å². The predicted octanol–water partition coefficient (Wildman–Crippen LogP) is 1.01. The van der Waals surface area contributed by atoms with Crippen molar-refractivity contribution in [3.8, 4) is 0 Å². The Morgan fingerprint density at radius 2 is 1.87 bits per heavy atom. The molecule has 2 heterocycles. The van der Waals surface area contributed by atoms with Crippen LogP contribution in [-0.2, 0) is 7.05 Å². The summed E-state index contributed by atoms with van der Waals surface area (Å²) in [5.74, 6) is 0.711. The van der Waals surface area contributed by atoms with Gasteiger partial charge >= 0.3 is 5.69 Å². The van der Waals surface area contributed by atoms with Gasteiger partial charge in [-0.1, -0.05) is 26.2 Å². The maximum Gasteiger partial charge on any atom is 0.329 e. The number of fused-ring (bicyclic) bond motifs is 1. The zero-order valence-corrected chi connectivity index (χ0v) is 14.3. The second kappa shape index (κ2) is 7.68. The number of anilines is 2. The van der Waals surface area contributed by atoms with E-state index in [1.54, 1.807) is 7.05 Å². The first-order valence-corrected chi connectivity index (χ1v) is 8.43. The van der Waals surface area contributed by atoms with Gasteiger partial charge in [0.15, 0.2) is 0 Å². The first-order valence-electron chi connectivity index (χ1n) is 8.43. The zero-order chi connectivity index (χ0) is 17.0. The van der Waals surface area contributed by atoms with Crippen LogP contribution in [0.5, 0.6) is 0 Å². The van der Waals surface area contributed by atoms with Crippen LogP contribution < -0.4 is 21.0 Å². The predicted molar refractivity (Wildman–Crippen MR) is 92.3 cm³/mol. The Labute approximate surface area is 136 Å². The molecule has 0 saturated heterocycles. The van der Waals surface area contributed by atoms with Crippen molar-refractivity contribution < 1.29 is 5.11 Å². The van der Waals surface area contributed by atoms with Gasteiger partial charge in [0.2, 0.25) is 0 Å². The molecular weight excluding hydrogens is 296 g/mol. The molecule has 2 rings (SSSR count). The standard InChI is InChI=1S/C16H28N4O3/c1-4-12(21)9-7-5-6-8-10-20-11-18(2)13-14(22)17-16(23)19(3)15(13)20/h12,21H,4-11H2,1-3H3,(H,17,22,23). The summed E-state index contributed by atoms with van der Waals surface area (Å²) in [6.07, 6.45) is 5.76. The van der Waals surface area contributed by atoms with Crippen LogP contribution in [0.1, 0.15) is 45.4 Å². The van der Waals surface area contributed by atoms with E-state index < -0.39 is 0 Å². The van der Waals surface area contributed by atoms with Gasteiger partial charge in [-0.25, -0.2) is 4.79 Å². The van der Waals surface area contributed by atoms with Crippen LogP contribution in [0.25, 0.3) is 0 Å². The van der Waals surface area contributed by atoms with E-state index in [0.717, 1.165) is 45.1 Å². The number of rotatable bonds is 8. The molecular formula is C16H28N4O3. The van der Waals surface area contributed by atoms with Crippen molar-refractivity contribution in [2.24, 2.45) is 7.05 Å². The highest BCUT2D eigenvalue weighted by atomic mass is 16.3. The van der Waals surface area contributed by atoms with Gasteiger partial charge in [-0.2, -0.15) is 0 Å². The van der Waals surface area contributed by atoms with E-state index in [4.69, 9.17) is 0 Å². The normalized spacial score (nSPS) is 15.1. The first kappa shape index (κ1) is 17.6. The van der Waals surface area contributed by atoms with Crippen LogP contribution >= 0.6 is 0 Å². The molecule has 0 amide bonds. The lowest BCUT2D eigenvalue weighted by Crippen LogP contribution is -2.32. The zero-order valence-electron chi connectivity index (χ0n) is 14.3. The average Bonchev–Trinajstić information content (AvgIpc) is 2.85. The number of unbranched alkanes of at least 4 members (excludes halogenated alkanes) is 3. The largest absolute Gasteiger partial charge is 0.393 e. The van der Waals surface area contributed by atoms with Crippen molar-refractivity contribution in [3.05, 3.63) is 20.8 Å². The second-order valence-electron chi connectivity index (χ2n) is 6.36. The second-order valence-corrected chi connectivity index (χ2v) is 6.36. The molecule has 1 aromatic heterocycles.